The molecule has 124 valence electrons. The van der Waals surface area contributed by atoms with E-state index in [0.717, 1.165) is 24.0 Å². The number of ether oxygens (including phenoxy) is 1. The van der Waals surface area contributed by atoms with E-state index in [0.29, 0.717) is 12.2 Å². The minimum absolute atomic E-state index is 0.0947. The number of hydrogen-bond donors (Lipinski definition) is 1. The van der Waals surface area contributed by atoms with E-state index in [-0.39, 0.29) is 5.78 Å². The molecule has 1 aliphatic rings. The van der Waals surface area contributed by atoms with Crippen molar-refractivity contribution in [3.05, 3.63) is 64.7 Å². The fraction of sp³-hybridized carbons (Fsp3) is 0.300. The van der Waals surface area contributed by atoms with Gasteiger partial charge in [0.2, 0.25) is 0 Å². The van der Waals surface area contributed by atoms with E-state index in [9.17, 15) is 9.59 Å². The predicted molar refractivity (Wildman–Crippen MR) is 90.7 cm³/mol. The number of Topliss-reactive ketones (excluding diaryl/α,β-unsaturated/α-hetero) is 1. The van der Waals surface area contributed by atoms with Crippen molar-refractivity contribution in [2.45, 2.75) is 38.7 Å². The zero-order valence-electron chi connectivity index (χ0n) is 13.6. The number of rotatable bonds is 6. The second-order valence-corrected chi connectivity index (χ2v) is 6.18. The first kappa shape index (κ1) is 16.2. The summed E-state index contributed by atoms with van der Waals surface area (Å²) in [6.45, 7) is 1.48. The van der Waals surface area contributed by atoms with Crippen LogP contribution in [0.5, 0.6) is 5.75 Å². The normalized spacial score (nSPS) is 14.0. The highest BCUT2D eigenvalue weighted by atomic mass is 16.5. The largest absolute Gasteiger partial charge is 0.479 e. The van der Waals surface area contributed by atoms with E-state index in [1.165, 1.54) is 24.5 Å². The first-order valence-electron chi connectivity index (χ1n) is 8.16. The van der Waals surface area contributed by atoms with Crippen molar-refractivity contribution < 1.29 is 19.4 Å². The van der Waals surface area contributed by atoms with Gasteiger partial charge in [0.1, 0.15) is 5.75 Å². The number of fused-ring (bicyclic) bond motifs is 1. The van der Waals surface area contributed by atoms with E-state index >= 15 is 0 Å². The smallest absolute Gasteiger partial charge is 0.344 e. The Labute approximate surface area is 141 Å². The molecule has 0 amide bonds. The summed E-state index contributed by atoms with van der Waals surface area (Å²) in [6, 6.07) is 13.0. The first-order chi connectivity index (χ1) is 11.5. The molecule has 0 aliphatic heterocycles. The molecule has 0 radical (unpaired) electrons. The molecule has 0 fully saturated rings. The van der Waals surface area contributed by atoms with E-state index in [2.05, 4.69) is 6.07 Å². The monoisotopic (exact) mass is 324 g/mol. The van der Waals surface area contributed by atoms with Crippen LogP contribution in [-0.4, -0.2) is 23.0 Å². The summed E-state index contributed by atoms with van der Waals surface area (Å²) in [4.78, 5) is 23.2. The van der Waals surface area contributed by atoms with Crippen molar-refractivity contribution in [3.8, 4) is 5.75 Å². The van der Waals surface area contributed by atoms with Crippen LogP contribution in [0.1, 0.15) is 40.4 Å². The molecule has 0 saturated heterocycles. The molecule has 24 heavy (non-hydrogen) atoms. The second-order valence-electron chi connectivity index (χ2n) is 6.18. The molecule has 4 heteroatoms. The van der Waals surface area contributed by atoms with E-state index in [4.69, 9.17) is 9.84 Å². The Morgan fingerprint density at radius 2 is 1.79 bits per heavy atom. The Morgan fingerprint density at radius 1 is 1.08 bits per heavy atom. The number of aliphatic carboxylic acids is 1. The lowest BCUT2D eigenvalue weighted by molar-refractivity contribution is -0.144. The molecule has 2 aromatic carbocycles. The van der Waals surface area contributed by atoms with Gasteiger partial charge in [-0.3, -0.25) is 4.79 Å². The average molecular weight is 324 g/mol. The maximum absolute atomic E-state index is 12.5. The molecular formula is C20H20O4. The van der Waals surface area contributed by atoms with Crippen LogP contribution in [0.25, 0.3) is 0 Å². The number of carboxylic acid groups (broad SMARTS) is 1. The lowest BCUT2D eigenvalue weighted by Crippen LogP contribution is -2.22. The lowest BCUT2D eigenvalue weighted by Gasteiger charge is -2.10. The highest BCUT2D eigenvalue weighted by molar-refractivity contribution is 5.97. The van der Waals surface area contributed by atoms with Crippen LogP contribution in [0.4, 0.5) is 0 Å². The predicted octanol–water partition coefficient (Wildman–Crippen LogP) is 3.45. The van der Waals surface area contributed by atoms with Gasteiger partial charge in [-0.15, -0.1) is 0 Å². The molecule has 4 nitrogen and oxygen atoms in total. The fourth-order valence-electron chi connectivity index (χ4n) is 2.97. The standard InChI is InChI=1S/C20H20O4/c1-13(20(22)23)24-18-9-5-14(6-10-18)11-19(21)17-8-7-15-3-2-4-16(15)12-17/h5-10,12-13H,2-4,11H2,1H3,(H,22,23). The van der Waals surface area contributed by atoms with Crippen LogP contribution in [0.15, 0.2) is 42.5 Å². The van der Waals surface area contributed by atoms with Crippen LogP contribution in [0.2, 0.25) is 0 Å². The summed E-state index contributed by atoms with van der Waals surface area (Å²) in [5.41, 5.74) is 4.30. The van der Waals surface area contributed by atoms with Crippen molar-refractivity contribution in [2.75, 3.05) is 0 Å². The Kier molecular flexibility index (Phi) is 4.65. The molecule has 0 bridgehead atoms. The van der Waals surface area contributed by atoms with Crippen LogP contribution in [-0.2, 0) is 24.1 Å². The number of aryl methyl sites for hydroxylation is 2. The van der Waals surface area contributed by atoms with Crippen molar-refractivity contribution in [1.82, 2.24) is 0 Å². The molecule has 1 atom stereocenters. The SMILES string of the molecule is CC(Oc1ccc(CC(=O)c2ccc3c(c2)CCC3)cc1)C(=O)O. The van der Waals surface area contributed by atoms with Gasteiger partial charge >= 0.3 is 5.97 Å². The maximum atomic E-state index is 12.5. The van der Waals surface area contributed by atoms with Gasteiger partial charge in [-0.05, 0) is 61.1 Å². The molecule has 3 rings (SSSR count). The third-order valence-electron chi connectivity index (χ3n) is 4.37. The molecule has 0 spiro atoms. The van der Waals surface area contributed by atoms with Gasteiger partial charge in [-0.1, -0.05) is 24.3 Å². The van der Waals surface area contributed by atoms with Gasteiger partial charge in [0.05, 0.1) is 0 Å². The summed E-state index contributed by atoms with van der Waals surface area (Å²) < 4.78 is 5.29. The molecule has 2 aromatic rings. The van der Waals surface area contributed by atoms with Crippen molar-refractivity contribution in [1.29, 1.82) is 0 Å². The van der Waals surface area contributed by atoms with Crippen LogP contribution in [0, 0.1) is 0 Å². The third kappa shape index (κ3) is 3.65. The zero-order valence-corrected chi connectivity index (χ0v) is 13.6. The Balaban J connectivity index is 1.65. The number of benzene rings is 2. The molecule has 0 aromatic heterocycles. The fourth-order valence-corrected chi connectivity index (χ4v) is 2.97. The van der Waals surface area contributed by atoms with Crippen LogP contribution < -0.4 is 4.74 Å². The van der Waals surface area contributed by atoms with Gasteiger partial charge in [-0.2, -0.15) is 0 Å². The summed E-state index contributed by atoms with van der Waals surface area (Å²) in [5.74, 6) is -0.429. The number of hydrogen-bond acceptors (Lipinski definition) is 3. The van der Waals surface area contributed by atoms with Crippen molar-refractivity contribution in [2.24, 2.45) is 0 Å². The van der Waals surface area contributed by atoms with Gasteiger partial charge in [-0.25, -0.2) is 4.79 Å². The number of ketones is 1. The quantitative estimate of drug-likeness (QED) is 0.827. The molecule has 0 saturated carbocycles. The number of carboxylic acids is 1. The molecule has 1 N–H and O–H groups in total. The van der Waals surface area contributed by atoms with Gasteiger partial charge in [0, 0.05) is 12.0 Å². The summed E-state index contributed by atoms with van der Waals surface area (Å²) in [6.07, 6.45) is 2.77. The molecular weight excluding hydrogens is 304 g/mol. The van der Waals surface area contributed by atoms with Gasteiger partial charge in [0.15, 0.2) is 11.9 Å². The Morgan fingerprint density at radius 3 is 2.50 bits per heavy atom. The number of carbonyl (C=O) groups is 2. The van der Waals surface area contributed by atoms with E-state index in [1.807, 2.05) is 12.1 Å². The lowest BCUT2D eigenvalue weighted by atomic mass is 9.99. The Bertz CT molecular complexity index is 762. The van der Waals surface area contributed by atoms with Crippen molar-refractivity contribution >= 4 is 11.8 Å². The maximum Gasteiger partial charge on any atom is 0.344 e. The summed E-state index contributed by atoms with van der Waals surface area (Å²) in [7, 11) is 0. The highest BCUT2D eigenvalue weighted by Gasteiger charge is 2.15. The zero-order chi connectivity index (χ0) is 17.1. The summed E-state index contributed by atoms with van der Waals surface area (Å²) >= 11 is 0. The highest BCUT2D eigenvalue weighted by Crippen LogP contribution is 2.23. The Hall–Kier alpha value is -2.62. The average Bonchev–Trinajstić information content (AvgIpc) is 3.04. The van der Waals surface area contributed by atoms with Crippen molar-refractivity contribution in [3.63, 3.8) is 0 Å². The first-order valence-corrected chi connectivity index (χ1v) is 8.16. The van der Waals surface area contributed by atoms with Gasteiger partial charge in [0.25, 0.3) is 0 Å². The molecule has 1 unspecified atom stereocenters. The van der Waals surface area contributed by atoms with E-state index in [1.54, 1.807) is 24.3 Å². The minimum Gasteiger partial charge on any atom is -0.479 e. The summed E-state index contributed by atoms with van der Waals surface area (Å²) in [5, 5.41) is 8.84. The van der Waals surface area contributed by atoms with Gasteiger partial charge < -0.3 is 9.84 Å². The molecule has 1 aliphatic carbocycles. The van der Waals surface area contributed by atoms with Crippen LogP contribution in [0.3, 0.4) is 0 Å². The topological polar surface area (TPSA) is 63.6 Å². The number of carbonyl (C=O) groups excluding carboxylic acids is 1. The molecule has 0 heterocycles. The second kappa shape index (κ2) is 6.87. The third-order valence-corrected chi connectivity index (χ3v) is 4.37. The van der Waals surface area contributed by atoms with E-state index < -0.39 is 12.1 Å². The minimum atomic E-state index is -1.01. The van der Waals surface area contributed by atoms with Crippen LogP contribution >= 0.6 is 0 Å².